The van der Waals surface area contributed by atoms with Gasteiger partial charge in [-0.2, -0.15) is 0 Å². The van der Waals surface area contributed by atoms with E-state index in [0.29, 0.717) is 5.02 Å². The molecule has 1 rings (SSSR count). The Hall–Kier alpha value is -0.760. The van der Waals surface area contributed by atoms with E-state index in [1.807, 2.05) is 0 Å². The first-order valence-electron chi connectivity index (χ1n) is 2.53. The molecule has 0 aromatic carbocycles. The first kappa shape index (κ1) is 6.36. The van der Waals surface area contributed by atoms with Gasteiger partial charge in [-0.1, -0.05) is 11.6 Å². The van der Waals surface area contributed by atoms with Gasteiger partial charge in [0.15, 0.2) is 0 Å². The van der Waals surface area contributed by atoms with Crippen LogP contribution in [0.3, 0.4) is 0 Å². The maximum atomic E-state index is 5.60. The minimum absolute atomic E-state index is 0.623. The minimum Gasteiger partial charge on any atom is -0.287 e. The summed E-state index contributed by atoms with van der Waals surface area (Å²) in [6.07, 6.45) is 3.24. The molecule has 0 aliphatic heterocycles. The molecule has 9 heavy (non-hydrogen) atoms. The monoisotopic (exact) mass is 141 g/mol. The third kappa shape index (κ3) is 1.57. The summed E-state index contributed by atoms with van der Waals surface area (Å²) in [5, 5.41) is 4.51. The van der Waals surface area contributed by atoms with Gasteiger partial charge in [0.2, 0.25) is 0 Å². The Kier molecular flexibility index (Phi) is 1.90. The molecular formula is C6H6ClN2. The minimum atomic E-state index is 0.623. The van der Waals surface area contributed by atoms with Crippen molar-refractivity contribution in [2.75, 3.05) is 7.05 Å². The van der Waals surface area contributed by atoms with Crippen LogP contribution >= 0.6 is 11.6 Å². The van der Waals surface area contributed by atoms with Crippen molar-refractivity contribution >= 4 is 17.3 Å². The van der Waals surface area contributed by atoms with E-state index in [4.69, 9.17) is 11.6 Å². The molecular weight excluding hydrogens is 136 g/mol. The van der Waals surface area contributed by atoms with Crippen LogP contribution in [0, 0.1) is 0 Å². The molecule has 0 fully saturated rings. The van der Waals surface area contributed by atoms with Crippen LogP contribution in [-0.4, -0.2) is 12.0 Å². The average Bonchev–Trinajstić information content (AvgIpc) is 1.88. The molecule has 0 saturated heterocycles. The second-order valence-electron chi connectivity index (χ2n) is 1.58. The summed E-state index contributed by atoms with van der Waals surface area (Å²) in [4.78, 5) is 3.83. The van der Waals surface area contributed by atoms with Gasteiger partial charge < -0.3 is 0 Å². The van der Waals surface area contributed by atoms with Crippen molar-refractivity contribution < 1.29 is 0 Å². The average molecular weight is 142 g/mol. The zero-order chi connectivity index (χ0) is 6.69. The first-order chi connectivity index (χ1) is 4.33. The maximum absolute atomic E-state index is 5.60. The van der Waals surface area contributed by atoms with Crippen LogP contribution in [0.15, 0.2) is 18.5 Å². The molecule has 1 heterocycles. The standard InChI is InChI=1S/C6H6ClN2/c1-8-6-2-5(7)3-9-4-6/h2-4H,1H3. The number of rotatable bonds is 1. The molecule has 0 N–H and O–H groups in total. The summed E-state index contributed by atoms with van der Waals surface area (Å²) >= 11 is 5.60. The quantitative estimate of drug-likeness (QED) is 0.584. The van der Waals surface area contributed by atoms with Crippen molar-refractivity contribution in [1.29, 1.82) is 0 Å². The topological polar surface area (TPSA) is 27.0 Å². The van der Waals surface area contributed by atoms with Gasteiger partial charge in [-0.05, 0) is 6.07 Å². The Morgan fingerprint density at radius 3 is 2.78 bits per heavy atom. The highest BCUT2D eigenvalue weighted by Gasteiger charge is 1.89. The van der Waals surface area contributed by atoms with Gasteiger partial charge in [-0.3, -0.25) is 10.3 Å². The summed E-state index contributed by atoms with van der Waals surface area (Å²) < 4.78 is 0. The third-order valence-corrected chi connectivity index (χ3v) is 1.16. The molecule has 2 nitrogen and oxygen atoms in total. The molecule has 0 atom stereocenters. The van der Waals surface area contributed by atoms with Crippen LogP contribution in [0.25, 0.3) is 0 Å². The van der Waals surface area contributed by atoms with Gasteiger partial charge in [-0.25, -0.2) is 0 Å². The number of nitrogens with zero attached hydrogens (tertiary/aromatic N) is 2. The van der Waals surface area contributed by atoms with Gasteiger partial charge in [0.05, 0.1) is 16.9 Å². The molecule has 0 bridgehead atoms. The highest BCUT2D eigenvalue weighted by atomic mass is 35.5. The number of pyridine rings is 1. The lowest BCUT2D eigenvalue weighted by atomic mass is 10.4. The lowest BCUT2D eigenvalue weighted by molar-refractivity contribution is 1.07. The zero-order valence-corrected chi connectivity index (χ0v) is 5.76. The Labute approximate surface area is 58.9 Å². The normalized spacial score (nSPS) is 9.11. The second-order valence-corrected chi connectivity index (χ2v) is 2.02. The summed E-state index contributed by atoms with van der Waals surface area (Å²) in [6.45, 7) is 0. The predicted octanol–water partition coefficient (Wildman–Crippen LogP) is 1.60. The van der Waals surface area contributed by atoms with E-state index in [1.54, 1.807) is 25.5 Å². The van der Waals surface area contributed by atoms with Crippen LogP contribution in [0.4, 0.5) is 5.69 Å². The number of hydrogen-bond acceptors (Lipinski definition) is 1. The number of aromatic nitrogens is 1. The Balaban J connectivity index is 2.94. The van der Waals surface area contributed by atoms with E-state index in [2.05, 4.69) is 10.3 Å². The molecule has 0 saturated carbocycles. The predicted molar refractivity (Wildman–Crippen MR) is 37.0 cm³/mol. The summed E-state index contributed by atoms with van der Waals surface area (Å²) in [5.74, 6) is 0. The van der Waals surface area contributed by atoms with Gasteiger partial charge in [0, 0.05) is 13.2 Å². The van der Waals surface area contributed by atoms with Crippen molar-refractivity contribution in [2.45, 2.75) is 0 Å². The lowest BCUT2D eigenvalue weighted by Gasteiger charge is -1.93. The summed E-state index contributed by atoms with van der Waals surface area (Å²) in [5.41, 5.74) is 0.808. The zero-order valence-electron chi connectivity index (χ0n) is 5.00. The Morgan fingerprint density at radius 2 is 2.33 bits per heavy atom. The Morgan fingerprint density at radius 1 is 1.56 bits per heavy atom. The van der Waals surface area contributed by atoms with Crippen molar-refractivity contribution in [3.05, 3.63) is 23.5 Å². The van der Waals surface area contributed by atoms with E-state index >= 15 is 0 Å². The largest absolute Gasteiger partial charge is 0.287 e. The molecule has 0 aliphatic carbocycles. The van der Waals surface area contributed by atoms with Crippen LogP contribution in [-0.2, 0) is 0 Å². The third-order valence-electron chi connectivity index (χ3n) is 0.949. The van der Waals surface area contributed by atoms with Crippen molar-refractivity contribution in [1.82, 2.24) is 10.3 Å². The Bertz CT molecular complexity index is 200. The lowest BCUT2D eigenvalue weighted by Crippen LogP contribution is -1.85. The molecule has 0 spiro atoms. The van der Waals surface area contributed by atoms with Crippen molar-refractivity contribution in [2.24, 2.45) is 0 Å². The number of hydrogen-bond donors (Lipinski definition) is 0. The molecule has 3 heteroatoms. The van der Waals surface area contributed by atoms with Crippen LogP contribution in [0.5, 0.6) is 0 Å². The van der Waals surface area contributed by atoms with Crippen molar-refractivity contribution in [3.8, 4) is 0 Å². The first-order valence-corrected chi connectivity index (χ1v) is 2.91. The van der Waals surface area contributed by atoms with Gasteiger partial charge >= 0.3 is 0 Å². The molecule has 1 radical (unpaired) electrons. The summed E-state index contributed by atoms with van der Waals surface area (Å²) in [7, 11) is 1.70. The molecule has 0 amide bonds. The van der Waals surface area contributed by atoms with Gasteiger partial charge in [-0.15, -0.1) is 0 Å². The van der Waals surface area contributed by atoms with Crippen LogP contribution < -0.4 is 5.32 Å². The van der Waals surface area contributed by atoms with E-state index in [9.17, 15) is 0 Å². The fourth-order valence-corrected chi connectivity index (χ4v) is 0.691. The fourth-order valence-electron chi connectivity index (χ4n) is 0.523. The van der Waals surface area contributed by atoms with E-state index in [-0.39, 0.29) is 0 Å². The van der Waals surface area contributed by atoms with Gasteiger partial charge in [0.25, 0.3) is 0 Å². The van der Waals surface area contributed by atoms with E-state index < -0.39 is 0 Å². The van der Waals surface area contributed by atoms with Gasteiger partial charge in [0.1, 0.15) is 0 Å². The number of halogens is 1. The van der Waals surface area contributed by atoms with E-state index in [0.717, 1.165) is 5.69 Å². The molecule has 1 aromatic heterocycles. The fraction of sp³-hybridized carbons (Fsp3) is 0.167. The molecule has 1 aromatic rings. The second kappa shape index (κ2) is 2.69. The highest BCUT2D eigenvalue weighted by Crippen LogP contribution is 2.11. The van der Waals surface area contributed by atoms with Crippen molar-refractivity contribution in [3.63, 3.8) is 0 Å². The maximum Gasteiger partial charge on any atom is 0.0768 e. The molecule has 47 valence electrons. The highest BCUT2D eigenvalue weighted by molar-refractivity contribution is 6.30. The smallest absolute Gasteiger partial charge is 0.0768 e. The van der Waals surface area contributed by atoms with Crippen LogP contribution in [0.2, 0.25) is 5.02 Å². The summed E-state index contributed by atoms with van der Waals surface area (Å²) in [6, 6.07) is 1.76. The molecule has 0 unspecified atom stereocenters. The molecule has 0 aliphatic rings. The van der Waals surface area contributed by atoms with Crippen LogP contribution in [0.1, 0.15) is 0 Å². The SMILES string of the molecule is C[N]c1cncc(Cl)c1. The van der Waals surface area contributed by atoms with E-state index in [1.165, 1.54) is 0 Å².